The summed E-state index contributed by atoms with van der Waals surface area (Å²) in [5.74, 6) is 0.376. The molecule has 1 aliphatic heterocycles. The smallest absolute Gasteiger partial charge is 0.161 e. The first-order chi connectivity index (χ1) is 6.86. The van der Waals surface area contributed by atoms with Gasteiger partial charge in [0.05, 0.1) is 12.2 Å². The van der Waals surface area contributed by atoms with Crippen LogP contribution in [-0.4, -0.2) is 18.0 Å². The molecule has 2 heteroatoms. The van der Waals surface area contributed by atoms with Crippen molar-refractivity contribution in [2.24, 2.45) is 0 Å². The van der Waals surface area contributed by atoms with Crippen LogP contribution in [0.1, 0.15) is 44.9 Å². The van der Waals surface area contributed by atoms with Gasteiger partial charge in [-0.25, -0.2) is 0 Å². The molecule has 0 N–H and O–H groups in total. The quantitative estimate of drug-likeness (QED) is 0.589. The summed E-state index contributed by atoms with van der Waals surface area (Å²) >= 11 is 0. The van der Waals surface area contributed by atoms with Gasteiger partial charge in [-0.1, -0.05) is 6.42 Å². The zero-order valence-corrected chi connectivity index (χ0v) is 8.42. The molecule has 3 rings (SSSR count). The van der Waals surface area contributed by atoms with Gasteiger partial charge in [-0.05, 0) is 37.7 Å². The van der Waals surface area contributed by atoms with E-state index >= 15 is 0 Å². The van der Waals surface area contributed by atoms with Crippen molar-refractivity contribution in [1.29, 1.82) is 0 Å². The predicted octanol–water partition coefficient (Wildman–Crippen LogP) is 2.38. The molecule has 0 saturated heterocycles. The van der Waals surface area contributed by atoms with Gasteiger partial charge >= 0.3 is 0 Å². The number of hydrogen-bond donors (Lipinski definition) is 0. The van der Waals surface area contributed by atoms with Crippen LogP contribution in [0.5, 0.6) is 0 Å². The third-order valence-electron chi connectivity index (χ3n) is 3.72. The molecule has 3 aliphatic rings. The lowest BCUT2D eigenvalue weighted by atomic mass is 9.84. The van der Waals surface area contributed by atoms with E-state index in [9.17, 15) is 4.79 Å². The topological polar surface area (TPSA) is 26.3 Å². The van der Waals surface area contributed by atoms with Crippen LogP contribution in [0.15, 0.2) is 11.1 Å². The highest BCUT2D eigenvalue weighted by Gasteiger charge is 2.40. The Hall–Kier alpha value is -0.630. The van der Waals surface area contributed by atoms with E-state index in [1.54, 1.807) is 0 Å². The Morgan fingerprint density at radius 2 is 1.86 bits per heavy atom. The van der Waals surface area contributed by atoms with Crippen LogP contribution < -0.4 is 0 Å². The van der Waals surface area contributed by atoms with Gasteiger partial charge < -0.3 is 4.74 Å². The average molecular weight is 192 g/mol. The number of ketones is 1. The summed E-state index contributed by atoms with van der Waals surface area (Å²) in [6.07, 6.45) is 8.10. The van der Waals surface area contributed by atoms with Gasteiger partial charge in [0, 0.05) is 12.0 Å². The minimum atomic E-state index is 0.175. The molecule has 76 valence electrons. The summed E-state index contributed by atoms with van der Waals surface area (Å²) in [7, 11) is 0. The number of carbonyl (C=O) groups excluding carboxylic acids is 1. The Balaban J connectivity index is 1.98. The van der Waals surface area contributed by atoms with Crippen molar-refractivity contribution in [2.45, 2.75) is 57.2 Å². The van der Waals surface area contributed by atoms with Gasteiger partial charge in [0.15, 0.2) is 5.78 Å². The molecule has 2 atom stereocenters. The second-order valence-electron chi connectivity index (χ2n) is 4.61. The fraction of sp³-hybridized carbons (Fsp3) is 0.750. The Morgan fingerprint density at radius 1 is 1.00 bits per heavy atom. The third-order valence-corrected chi connectivity index (χ3v) is 3.72. The molecule has 2 fully saturated rings. The lowest BCUT2D eigenvalue weighted by molar-refractivity contribution is -0.118. The Morgan fingerprint density at radius 3 is 2.79 bits per heavy atom. The molecule has 2 aliphatic carbocycles. The van der Waals surface area contributed by atoms with Crippen LogP contribution in [-0.2, 0) is 9.53 Å². The summed E-state index contributed by atoms with van der Waals surface area (Å²) in [5, 5.41) is 0. The summed E-state index contributed by atoms with van der Waals surface area (Å²) < 4.78 is 5.94. The minimum Gasteiger partial charge on any atom is -0.366 e. The number of Topliss-reactive ketones (excluding diaryl/α,β-unsaturated/α-hetero) is 1. The van der Waals surface area contributed by atoms with E-state index in [4.69, 9.17) is 4.74 Å². The van der Waals surface area contributed by atoms with Crippen molar-refractivity contribution in [1.82, 2.24) is 0 Å². The molecule has 1 heterocycles. The molecule has 0 spiro atoms. The average Bonchev–Trinajstić information content (AvgIpc) is 2.57. The van der Waals surface area contributed by atoms with Crippen LogP contribution in [0.3, 0.4) is 0 Å². The monoisotopic (exact) mass is 192 g/mol. The molecule has 2 unspecified atom stereocenters. The number of ether oxygens (including phenoxy) is 1. The normalized spacial score (nSPS) is 37.0. The Kier molecular flexibility index (Phi) is 1.98. The van der Waals surface area contributed by atoms with Crippen LogP contribution >= 0.6 is 0 Å². The number of rotatable bonds is 0. The molecule has 0 aromatic rings. The largest absolute Gasteiger partial charge is 0.366 e. The summed E-state index contributed by atoms with van der Waals surface area (Å²) in [6.45, 7) is 0. The van der Waals surface area contributed by atoms with E-state index in [0.717, 1.165) is 37.7 Å². The Labute approximate surface area is 84.3 Å². The van der Waals surface area contributed by atoms with Crippen molar-refractivity contribution in [3.05, 3.63) is 11.1 Å². The molecule has 14 heavy (non-hydrogen) atoms. The van der Waals surface area contributed by atoms with Gasteiger partial charge in [-0.2, -0.15) is 0 Å². The summed E-state index contributed by atoms with van der Waals surface area (Å²) in [4.78, 5) is 11.8. The molecule has 0 amide bonds. The molecule has 2 nitrogen and oxygen atoms in total. The highest BCUT2D eigenvalue weighted by molar-refractivity contribution is 5.98. The number of fused-ring (bicyclic) bond motifs is 2. The number of hydrogen-bond acceptors (Lipinski definition) is 2. The van der Waals surface area contributed by atoms with E-state index in [1.165, 1.54) is 18.4 Å². The second-order valence-corrected chi connectivity index (χ2v) is 4.61. The highest BCUT2D eigenvalue weighted by atomic mass is 16.5. The van der Waals surface area contributed by atoms with Crippen molar-refractivity contribution in [3.63, 3.8) is 0 Å². The van der Waals surface area contributed by atoms with Crippen LogP contribution in [0.25, 0.3) is 0 Å². The fourth-order valence-electron chi connectivity index (χ4n) is 3.07. The molecule has 2 saturated carbocycles. The first-order valence-electron chi connectivity index (χ1n) is 5.78. The predicted molar refractivity (Wildman–Crippen MR) is 53.0 cm³/mol. The molecule has 0 aromatic carbocycles. The zero-order chi connectivity index (χ0) is 9.54. The minimum absolute atomic E-state index is 0.175. The van der Waals surface area contributed by atoms with Crippen molar-refractivity contribution in [3.8, 4) is 0 Å². The fourth-order valence-corrected chi connectivity index (χ4v) is 3.07. The first-order valence-corrected chi connectivity index (χ1v) is 5.78. The zero-order valence-electron chi connectivity index (χ0n) is 8.42. The lowest BCUT2D eigenvalue weighted by Crippen LogP contribution is -2.22. The molecule has 0 aromatic heterocycles. The van der Waals surface area contributed by atoms with Crippen molar-refractivity contribution < 1.29 is 9.53 Å². The van der Waals surface area contributed by atoms with Gasteiger partial charge in [0.1, 0.15) is 0 Å². The Bertz CT molecular complexity index is 303. The standard InChI is InChI=1S/C12H16O2/c13-9-5-3-7-11-12(9)8-4-1-2-6-10(8)14-11/h10-11H,1-7H2. The number of carbonyl (C=O) groups is 1. The van der Waals surface area contributed by atoms with Gasteiger partial charge in [0.25, 0.3) is 0 Å². The van der Waals surface area contributed by atoms with E-state index in [2.05, 4.69) is 0 Å². The maximum atomic E-state index is 11.8. The lowest BCUT2D eigenvalue weighted by Gasteiger charge is -2.20. The molecule has 0 bridgehead atoms. The van der Waals surface area contributed by atoms with E-state index in [1.807, 2.05) is 0 Å². The van der Waals surface area contributed by atoms with Crippen LogP contribution in [0, 0.1) is 0 Å². The van der Waals surface area contributed by atoms with Crippen molar-refractivity contribution in [2.75, 3.05) is 0 Å². The van der Waals surface area contributed by atoms with E-state index in [0.29, 0.717) is 11.9 Å². The van der Waals surface area contributed by atoms with Crippen LogP contribution in [0.4, 0.5) is 0 Å². The summed E-state index contributed by atoms with van der Waals surface area (Å²) in [6, 6.07) is 0. The van der Waals surface area contributed by atoms with Crippen molar-refractivity contribution >= 4 is 5.78 Å². The highest BCUT2D eigenvalue weighted by Crippen LogP contribution is 2.41. The maximum absolute atomic E-state index is 11.8. The van der Waals surface area contributed by atoms with Gasteiger partial charge in [0.2, 0.25) is 0 Å². The van der Waals surface area contributed by atoms with Crippen LogP contribution in [0.2, 0.25) is 0 Å². The third kappa shape index (κ3) is 1.17. The van der Waals surface area contributed by atoms with E-state index in [-0.39, 0.29) is 6.10 Å². The molecular weight excluding hydrogens is 176 g/mol. The summed E-state index contributed by atoms with van der Waals surface area (Å²) in [5.41, 5.74) is 2.45. The molecule has 0 radical (unpaired) electrons. The van der Waals surface area contributed by atoms with Gasteiger partial charge in [-0.3, -0.25) is 4.79 Å². The second kappa shape index (κ2) is 3.20. The SMILES string of the molecule is O=C1CCCC2OC3CCCCC3=C12. The van der Waals surface area contributed by atoms with E-state index < -0.39 is 0 Å². The molecular formula is C12H16O2. The first kappa shape index (κ1) is 8.66. The van der Waals surface area contributed by atoms with Gasteiger partial charge in [-0.15, -0.1) is 0 Å². The maximum Gasteiger partial charge on any atom is 0.161 e.